The molecule has 2 aliphatic heterocycles. The molecule has 2 heterocycles. The van der Waals surface area contributed by atoms with Gasteiger partial charge in [-0.15, -0.1) is 0 Å². The number of ether oxygens (including phenoxy) is 1. The first-order valence-electron chi connectivity index (χ1n) is 6.59. The predicted octanol–water partition coefficient (Wildman–Crippen LogP) is -0.769. The number of hydrogen-bond acceptors (Lipinski definition) is 4. The maximum absolute atomic E-state index is 12.4. The van der Waals surface area contributed by atoms with Crippen LogP contribution in [0.4, 0.5) is 0 Å². The zero-order valence-corrected chi connectivity index (χ0v) is 10.6. The van der Waals surface area contributed by atoms with Crippen molar-refractivity contribution in [1.82, 2.24) is 10.2 Å². The van der Waals surface area contributed by atoms with E-state index in [9.17, 15) is 9.59 Å². The van der Waals surface area contributed by atoms with Gasteiger partial charge in [-0.3, -0.25) is 9.59 Å². The lowest BCUT2D eigenvalue weighted by molar-refractivity contribution is -0.146. The molecule has 2 saturated heterocycles. The number of rotatable bonds is 4. The molecule has 0 aliphatic carbocycles. The summed E-state index contributed by atoms with van der Waals surface area (Å²) in [6.07, 6.45) is 3.02. The van der Waals surface area contributed by atoms with Crippen molar-refractivity contribution < 1.29 is 14.3 Å². The Kier molecular flexibility index (Phi) is 4.54. The lowest BCUT2D eigenvalue weighted by Gasteiger charge is -2.35. The minimum Gasteiger partial charge on any atom is -0.368 e. The van der Waals surface area contributed by atoms with E-state index >= 15 is 0 Å². The summed E-state index contributed by atoms with van der Waals surface area (Å²) in [7, 11) is 0. The van der Waals surface area contributed by atoms with Crippen LogP contribution in [0.3, 0.4) is 0 Å². The molecule has 0 bridgehead atoms. The fourth-order valence-electron chi connectivity index (χ4n) is 2.63. The number of nitrogens with two attached hydrogens (primary N) is 1. The molecule has 0 unspecified atom stereocenters. The third-order valence-corrected chi connectivity index (χ3v) is 3.56. The lowest BCUT2D eigenvalue weighted by Crippen LogP contribution is -2.52. The topological polar surface area (TPSA) is 84.7 Å². The van der Waals surface area contributed by atoms with Crippen molar-refractivity contribution >= 4 is 11.8 Å². The number of carbonyl (C=O) groups is 2. The summed E-state index contributed by atoms with van der Waals surface area (Å²) < 4.78 is 5.41. The number of piperidine rings is 1. The Morgan fingerprint density at radius 3 is 2.56 bits per heavy atom. The zero-order chi connectivity index (χ0) is 13.0. The number of carbonyl (C=O) groups excluding carboxylic acids is 2. The molecule has 6 heteroatoms. The highest BCUT2D eigenvalue weighted by Crippen LogP contribution is 2.19. The molecule has 2 fully saturated rings. The summed E-state index contributed by atoms with van der Waals surface area (Å²) in [5.74, 6) is -0.530. The quantitative estimate of drug-likeness (QED) is 0.691. The fraction of sp³-hybridized carbons (Fsp3) is 0.833. The van der Waals surface area contributed by atoms with Gasteiger partial charge in [0.25, 0.3) is 5.91 Å². The maximum atomic E-state index is 12.4. The first-order valence-corrected chi connectivity index (χ1v) is 6.59. The largest absolute Gasteiger partial charge is 0.368 e. The van der Waals surface area contributed by atoms with Crippen LogP contribution in [0, 0.1) is 0 Å². The Balaban J connectivity index is 2.02. The molecular weight excluding hydrogens is 234 g/mol. The molecule has 0 saturated carbocycles. The van der Waals surface area contributed by atoms with Crippen LogP contribution in [0.5, 0.6) is 0 Å². The Bertz CT molecular complexity index is 310. The summed E-state index contributed by atoms with van der Waals surface area (Å²) in [6.45, 7) is 2.38. The van der Waals surface area contributed by atoms with Crippen molar-refractivity contribution in [1.29, 1.82) is 0 Å². The highest BCUT2D eigenvalue weighted by Gasteiger charge is 2.33. The lowest BCUT2D eigenvalue weighted by atomic mass is 10.0. The van der Waals surface area contributed by atoms with Crippen molar-refractivity contribution in [3.05, 3.63) is 0 Å². The molecule has 3 N–H and O–H groups in total. The number of primary amides is 1. The predicted molar refractivity (Wildman–Crippen MR) is 65.8 cm³/mol. The highest BCUT2D eigenvalue weighted by atomic mass is 16.5. The van der Waals surface area contributed by atoms with Crippen LogP contribution in [0.15, 0.2) is 0 Å². The Hall–Kier alpha value is -1.14. The summed E-state index contributed by atoms with van der Waals surface area (Å²) in [6, 6.07) is 0.107. The molecular formula is C12H21N3O3. The summed E-state index contributed by atoms with van der Waals surface area (Å²) in [5.41, 5.74) is 5.25. The van der Waals surface area contributed by atoms with Crippen molar-refractivity contribution in [2.75, 3.05) is 26.2 Å². The van der Waals surface area contributed by atoms with Crippen LogP contribution in [-0.4, -0.2) is 55.1 Å². The fourth-order valence-corrected chi connectivity index (χ4v) is 2.63. The second-order valence-electron chi connectivity index (χ2n) is 4.92. The van der Waals surface area contributed by atoms with E-state index in [-0.39, 0.29) is 24.6 Å². The number of hydrogen-bond donors (Lipinski definition) is 2. The van der Waals surface area contributed by atoms with Gasteiger partial charge in [0.1, 0.15) is 6.10 Å². The molecule has 1 atom stereocenters. The Labute approximate surface area is 107 Å². The highest BCUT2D eigenvalue weighted by molar-refractivity contribution is 5.86. The third-order valence-electron chi connectivity index (χ3n) is 3.56. The Morgan fingerprint density at radius 1 is 1.28 bits per heavy atom. The standard InChI is InChI=1S/C12H21N3O3/c13-11(16)8-15(9-3-5-14-6-4-9)12(17)10-2-1-7-18-10/h9-10,14H,1-8H2,(H2,13,16)/t10-/m1/s1. The van der Waals surface area contributed by atoms with Crippen molar-refractivity contribution in [2.24, 2.45) is 5.73 Å². The molecule has 6 nitrogen and oxygen atoms in total. The average molecular weight is 255 g/mol. The molecule has 18 heavy (non-hydrogen) atoms. The number of amides is 2. The minimum absolute atomic E-state index is 0.00333. The molecule has 2 aliphatic rings. The van der Waals surface area contributed by atoms with Crippen molar-refractivity contribution in [3.8, 4) is 0 Å². The van der Waals surface area contributed by atoms with Crippen LogP contribution in [0.25, 0.3) is 0 Å². The van der Waals surface area contributed by atoms with Crippen molar-refractivity contribution in [3.63, 3.8) is 0 Å². The summed E-state index contributed by atoms with van der Waals surface area (Å²) >= 11 is 0. The van der Waals surface area contributed by atoms with E-state index in [4.69, 9.17) is 10.5 Å². The molecule has 2 amide bonds. The molecule has 0 aromatic rings. The average Bonchev–Trinajstić information content (AvgIpc) is 2.90. The molecule has 0 aromatic heterocycles. The van der Waals surface area contributed by atoms with E-state index in [1.165, 1.54) is 0 Å². The summed E-state index contributed by atoms with van der Waals surface area (Å²) in [5, 5.41) is 3.25. The van der Waals surface area contributed by atoms with Crippen LogP contribution in [-0.2, 0) is 14.3 Å². The maximum Gasteiger partial charge on any atom is 0.252 e. The van der Waals surface area contributed by atoms with Crippen LogP contribution < -0.4 is 11.1 Å². The zero-order valence-electron chi connectivity index (χ0n) is 10.6. The van der Waals surface area contributed by atoms with Gasteiger partial charge in [-0.25, -0.2) is 0 Å². The second kappa shape index (κ2) is 6.15. The third kappa shape index (κ3) is 3.20. The van der Waals surface area contributed by atoms with Gasteiger partial charge in [0.05, 0.1) is 6.54 Å². The monoisotopic (exact) mass is 255 g/mol. The number of nitrogens with zero attached hydrogens (tertiary/aromatic N) is 1. The Morgan fingerprint density at radius 2 is 2.00 bits per heavy atom. The van der Waals surface area contributed by atoms with Gasteiger partial charge in [-0.1, -0.05) is 0 Å². The van der Waals surface area contributed by atoms with E-state index in [0.717, 1.165) is 38.8 Å². The van der Waals surface area contributed by atoms with E-state index < -0.39 is 5.91 Å². The number of nitrogens with one attached hydrogen (secondary N) is 1. The van der Waals surface area contributed by atoms with Gasteiger partial charge in [-0.05, 0) is 38.8 Å². The summed E-state index contributed by atoms with van der Waals surface area (Å²) in [4.78, 5) is 25.1. The molecule has 2 rings (SSSR count). The first-order chi connectivity index (χ1) is 8.68. The second-order valence-corrected chi connectivity index (χ2v) is 4.92. The van der Waals surface area contributed by atoms with E-state index in [2.05, 4.69) is 5.32 Å². The van der Waals surface area contributed by atoms with Crippen molar-refractivity contribution in [2.45, 2.75) is 37.8 Å². The van der Waals surface area contributed by atoms with Gasteiger partial charge in [0.15, 0.2) is 0 Å². The first kappa shape index (κ1) is 13.3. The van der Waals surface area contributed by atoms with Crippen LogP contribution in [0.1, 0.15) is 25.7 Å². The van der Waals surface area contributed by atoms with E-state index in [1.54, 1.807) is 4.90 Å². The minimum atomic E-state index is -0.458. The van der Waals surface area contributed by atoms with Crippen LogP contribution >= 0.6 is 0 Å². The van der Waals surface area contributed by atoms with Gasteiger partial charge in [0.2, 0.25) is 5.91 Å². The molecule has 0 radical (unpaired) electrons. The molecule has 0 aromatic carbocycles. The van der Waals surface area contributed by atoms with Crippen LogP contribution in [0.2, 0.25) is 0 Å². The smallest absolute Gasteiger partial charge is 0.252 e. The SMILES string of the molecule is NC(=O)CN(C(=O)[C@H]1CCCO1)C1CCNCC1. The molecule has 102 valence electrons. The van der Waals surface area contributed by atoms with E-state index in [0.29, 0.717) is 6.61 Å². The molecule has 0 spiro atoms. The van der Waals surface area contributed by atoms with Gasteiger partial charge < -0.3 is 20.7 Å². The van der Waals surface area contributed by atoms with Gasteiger partial charge >= 0.3 is 0 Å². The normalized spacial score (nSPS) is 25.0. The van der Waals surface area contributed by atoms with E-state index in [1.807, 2.05) is 0 Å². The van der Waals surface area contributed by atoms with Gasteiger partial charge in [-0.2, -0.15) is 0 Å². The van der Waals surface area contributed by atoms with Gasteiger partial charge in [0, 0.05) is 12.6 Å².